The minimum atomic E-state index is 0.701. The second-order valence-corrected chi connectivity index (χ2v) is 2.34. The standard InChI is InChI=1S/C6H10N2OS/c1-9-5-4-8-3-2-7-6(8)10/h2-3H,4-5H2,1H3,(H,7,10). The van der Waals surface area contributed by atoms with E-state index in [2.05, 4.69) is 4.98 Å². The second kappa shape index (κ2) is 3.53. The second-order valence-electron chi connectivity index (χ2n) is 1.95. The summed E-state index contributed by atoms with van der Waals surface area (Å²) in [4.78, 5) is 2.90. The molecular formula is C6H10N2OS. The van der Waals surface area contributed by atoms with Gasteiger partial charge in [0.2, 0.25) is 0 Å². The smallest absolute Gasteiger partial charge is 0.177 e. The maximum absolute atomic E-state index is 4.95. The zero-order valence-corrected chi connectivity index (χ0v) is 6.65. The molecular weight excluding hydrogens is 148 g/mol. The molecule has 0 radical (unpaired) electrons. The molecule has 0 aliphatic heterocycles. The zero-order chi connectivity index (χ0) is 7.40. The van der Waals surface area contributed by atoms with E-state index in [1.807, 2.05) is 17.0 Å². The van der Waals surface area contributed by atoms with Gasteiger partial charge in [0.25, 0.3) is 0 Å². The number of imidazole rings is 1. The number of nitrogens with zero attached hydrogens (tertiary/aromatic N) is 1. The van der Waals surface area contributed by atoms with Gasteiger partial charge in [0.05, 0.1) is 6.61 Å². The molecule has 0 spiro atoms. The Hall–Kier alpha value is -0.610. The van der Waals surface area contributed by atoms with Crippen LogP contribution in [0.5, 0.6) is 0 Å². The quantitative estimate of drug-likeness (QED) is 0.670. The van der Waals surface area contributed by atoms with Gasteiger partial charge in [-0.2, -0.15) is 0 Å². The van der Waals surface area contributed by atoms with E-state index in [-0.39, 0.29) is 0 Å². The predicted octanol–water partition coefficient (Wildman–Crippen LogP) is 1.19. The van der Waals surface area contributed by atoms with Crippen LogP contribution < -0.4 is 0 Å². The van der Waals surface area contributed by atoms with Crippen LogP contribution in [0.4, 0.5) is 0 Å². The molecule has 56 valence electrons. The molecule has 10 heavy (non-hydrogen) atoms. The Kier molecular flexibility index (Phi) is 2.65. The van der Waals surface area contributed by atoms with E-state index < -0.39 is 0 Å². The fraction of sp³-hybridized carbons (Fsp3) is 0.500. The number of methoxy groups -OCH3 is 1. The van der Waals surface area contributed by atoms with Crippen LogP contribution in [0.25, 0.3) is 0 Å². The van der Waals surface area contributed by atoms with Crippen molar-refractivity contribution >= 4 is 12.2 Å². The Morgan fingerprint density at radius 2 is 2.60 bits per heavy atom. The van der Waals surface area contributed by atoms with Gasteiger partial charge in [-0.3, -0.25) is 0 Å². The van der Waals surface area contributed by atoms with Crippen LogP contribution >= 0.6 is 12.2 Å². The third-order valence-corrected chi connectivity index (χ3v) is 1.61. The Bertz CT molecular complexity index is 240. The zero-order valence-electron chi connectivity index (χ0n) is 5.83. The van der Waals surface area contributed by atoms with E-state index in [0.717, 1.165) is 11.3 Å². The maximum atomic E-state index is 4.95. The highest BCUT2D eigenvalue weighted by atomic mass is 32.1. The lowest BCUT2D eigenvalue weighted by atomic mass is 10.7. The van der Waals surface area contributed by atoms with Gasteiger partial charge in [-0.25, -0.2) is 0 Å². The molecule has 0 unspecified atom stereocenters. The first-order valence-corrected chi connectivity index (χ1v) is 3.48. The van der Waals surface area contributed by atoms with Crippen LogP contribution in [0.3, 0.4) is 0 Å². The first kappa shape index (κ1) is 7.50. The van der Waals surface area contributed by atoms with Crippen molar-refractivity contribution in [2.45, 2.75) is 6.54 Å². The molecule has 0 aromatic carbocycles. The van der Waals surface area contributed by atoms with Crippen molar-refractivity contribution in [3.05, 3.63) is 17.2 Å². The minimum absolute atomic E-state index is 0.701. The van der Waals surface area contributed by atoms with Crippen LogP contribution in [0.2, 0.25) is 0 Å². The fourth-order valence-electron chi connectivity index (χ4n) is 0.715. The molecule has 0 amide bonds. The molecule has 3 nitrogen and oxygen atoms in total. The molecule has 0 atom stereocenters. The molecule has 1 heterocycles. The van der Waals surface area contributed by atoms with Crippen LogP contribution in [0, 0.1) is 4.77 Å². The summed E-state index contributed by atoms with van der Waals surface area (Å²) >= 11 is 4.95. The summed E-state index contributed by atoms with van der Waals surface area (Å²) in [5.41, 5.74) is 0. The number of nitrogens with one attached hydrogen (secondary N) is 1. The highest BCUT2D eigenvalue weighted by Crippen LogP contribution is 1.89. The van der Waals surface area contributed by atoms with E-state index in [1.165, 1.54) is 0 Å². The first-order chi connectivity index (χ1) is 4.84. The lowest BCUT2D eigenvalue weighted by Gasteiger charge is -1.98. The number of hydrogen-bond donors (Lipinski definition) is 1. The van der Waals surface area contributed by atoms with Gasteiger partial charge in [0.15, 0.2) is 4.77 Å². The van der Waals surface area contributed by atoms with Crippen molar-refractivity contribution in [3.63, 3.8) is 0 Å². The minimum Gasteiger partial charge on any atom is -0.383 e. The lowest BCUT2D eigenvalue weighted by molar-refractivity contribution is 0.187. The van der Waals surface area contributed by atoms with Gasteiger partial charge in [-0.05, 0) is 12.2 Å². The Balaban J connectivity index is 2.57. The predicted molar refractivity (Wildman–Crippen MR) is 41.5 cm³/mol. The van der Waals surface area contributed by atoms with E-state index in [9.17, 15) is 0 Å². The Morgan fingerprint density at radius 1 is 1.80 bits per heavy atom. The third kappa shape index (κ3) is 1.68. The summed E-state index contributed by atoms with van der Waals surface area (Å²) in [7, 11) is 1.68. The van der Waals surface area contributed by atoms with E-state index in [4.69, 9.17) is 17.0 Å². The monoisotopic (exact) mass is 158 g/mol. The SMILES string of the molecule is COCCn1cc[nH]c1=S. The van der Waals surface area contributed by atoms with E-state index >= 15 is 0 Å². The molecule has 0 bridgehead atoms. The van der Waals surface area contributed by atoms with Crippen molar-refractivity contribution in [2.24, 2.45) is 0 Å². The highest BCUT2D eigenvalue weighted by molar-refractivity contribution is 7.71. The van der Waals surface area contributed by atoms with Crippen LogP contribution in [-0.2, 0) is 11.3 Å². The molecule has 4 heteroatoms. The average molecular weight is 158 g/mol. The van der Waals surface area contributed by atoms with Crippen molar-refractivity contribution < 1.29 is 4.74 Å². The van der Waals surface area contributed by atoms with Gasteiger partial charge in [-0.15, -0.1) is 0 Å². The number of rotatable bonds is 3. The lowest BCUT2D eigenvalue weighted by Crippen LogP contribution is -2.02. The van der Waals surface area contributed by atoms with Gasteiger partial charge < -0.3 is 14.3 Å². The molecule has 0 fully saturated rings. The van der Waals surface area contributed by atoms with Crippen molar-refractivity contribution in [2.75, 3.05) is 13.7 Å². The topological polar surface area (TPSA) is 29.9 Å². The molecule has 0 aliphatic carbocycles. The van der Waals surface area contributed by atoms with E-state index in [0.29, 0.717) is 6.61 Å². The molecule has 0 saturated carbocycles. The Labute approximate surface area is 64.6 Å². The highest BCUT2D eigenvalue weighted by Gasteiger charge is 1.89. The number of hydrogen-bond acceptors (Lipinski definition) is 2. The fourth-order valence-corrected chi connectivity index (χ4v) is 0.935. The molecule has 0 saturated heterocycles. The summed E-state index contributed by atoms with van der Waals surface area (Å²) in [6.07, 6.45) is 3.72. The van der Waals surface area contributed by atoms with Gasteiger partial charge >= 0.3 is 0 Å². The summed E-state index contributed by atoms with van der Waals surface area (Å²) in [6, 6.07) is 0. The molecule has 1 N–H and O–H groups in total. The Morgan fingerprint density at radius 3 is 3.10 bits per heavy atom. The number of H-pyrrole nitrogens is 1. The summed E-state index contributed by atoms with van der Waals surface area (Å²) < 4.78 is 7.57. The average Bonchev–Trinajstić information content (AvgIpc) is 2.31. The van der Waals surface area contributed by atoms with Crippen molar-refractivity contribution in [1.82, 2.24) is 9.55 Å². The van der Waals surface area contributed by atoms with Gasteiger partial charge in [-0.1, -0.05) is 0 Å². The largest absolute Gasteiger partial charge is 0.383 e. The third-order valence-electron chi connectivity index (χ3n) is 1.26. The number of ether oxygens (including phenoxy) is 1. The maximum Gasteiger partial charge on any atom is 0.177 e. The molecule has 0 aliphatic rings. The summed E-state index contributed by atoms with van der Waals surface area (Å²) in [6.45, 7) is 1.52. The van der Waals surface area contributed by atoms with Crippen LogP contribution in [-0.4, -0.2) is 23.3 Å². The van der Waals surface area contributed by atoms with Crippen LogP contribution in [0.15, 0.2) is 12.4 Å². The van der Waals surface area contributed by atoms with Crippen molar-refractivity contribution in [3.8, 4) is 0 Å². The summed E-state index contributed by atoms with van der Waals surface area (Å²) in [5, 5.41) is 0. The van der Waals surface area contributed by atoms with Gasteiger partial charge in [0.1, 0.15) is 0 Å². The van der Waals surface area contributed by atoms with Gasteiger partial charge in [0, 0.05) is 26.0 Å². The summed E-state index contributed by atoms with van der Waals surface area (Å²) in [5.74, 6) is 0. The van der Waals surface area contributed by atoms with Crippen molar-refractivity contribution in [1.29, 1.82) is 0 Å². The van der Waals surface area contributed by atoms with E-state index in [1.54, 1.807) is 7.11 Å². The molecule has 1 rings (SSSR count). The number of aromatic nitrogens is 2. The first-order valence-electron chi connectivity index (χ1n) is 3.07. The number of aromatic amines is 1. The van der Waals surface area contributed by atoms with Crippen LogP contribution in [0.1, 0.15) is 0 Å². The normalized spacial score (nSPS) is 10.1. The molecule has 1 aromatic heterocycles. The molecule has 1 aromatic rings.